The predicted octanol–water partition coefficient (Wildman–Crippen LogP) is 2.59. The topological polar surface area (TPSA) is 49.6 Å². The molecule has 1 aromatic heterocycles. The Morgan fingerprint density at radius 1 is 1.18 bits per heavy atom. The molecule has 0 aliphatic carbocycles. The van der Waals surface area contributed by atoms with Crippen molar-refractivity contribution in [3.63, 3.8) is 0 Å². The van der Waals surface area contributed by atoms with E-state index in [-0.39, 0.29) is 11.3 Å². The van der Waals surface area contributed by atoms with E-state index >= 15 is 0 Å². The maximum atomic E-state index is 13.0. The van der Waals surface area contributed by atoms with Gasteiger partial charge in [0, 0.05) is 51.1 Å². The molecule has 0 radical (unpaired) electrons. The highest BCUT2D eigenvalue weighted by Crippen LogP contribution is 2.31. The molecular formula is C20H21F3N4O. The van der Waals surface area contributed by atoms with Gasteiger partial charge in [0.25, 0.3) is 0 Å². The Bertz CT molecular complexity index is 941. The lowest BCUT2D eigenvalue weighted by Crippen LogP contribution is -2.43. The number of carbonyl (C=O) groups is 1. The van der Waals surface area contributed by atoms with Gasteiger partial charge in [-0.15, -0.1) is 0 Å². The van der Waals surface area contributed by atoms with E-state index in [1.807, 2.05) is 19.3 Å². The van der Waals surface area contributed by atoms with Crippen LogP contribution in [0.4, 0.5) is 18.9 Å². The molecule has 0 unspecified atom stereocenters. The summed E-state index contributed by atoms with van der Waals surface area (Å²) < 4.78 is 40.8. The first-order chi connectivity index (χ1) is 13.4. The Labute approximate surface area is 160 Å². The number of aromatic nitrogens is 1. The van der Waals surface area contributed by atoms with E-state index in [2.05, 4.69) is 15.2 Å². The maximum absolute atomic E-state index is 13.0. The number of hydrogen-bond acceptors (Lipinski definition) is 4. The monoisotopic (exact) mass is 390 g/mol. The summed E-state index contributed by atoms with van der Waals surface area (Å²) in [6, 6.07) is 8.51. The van der Waals surface area contributed by atoms with Crippen molar-refractivity contribution >= 4 is 17.7 Å². The fourth-order valence-electron chi connectivity index (χ4n) is 3.05. The number of anilines is 1. The van der Waals surface area contributed by atoms with Gasteiger partial charge >= 0.3 is 6.18 Å². The number of benzene rings is 1. The number of nitrogens with zero attached hydrogens (tertiary/aromatic N) is 3. The molecule has 0 amide bonds. The van der Waals surface area contributed by atoms with Crippen LogP contribution in [0, 0.1) is 0 Å². The van der Waals surface area contributed by atoms with E-state index in [1.165, 1.54) is 18.2 Å². The minimum absolute atomic E-state index is 0.173. The highest BCUT2D eigenvalue weighted by atomic mass is 19.4. The fraction of sp³-hybridized carbons (Fsp3) is 0.300. The van der Waals surface area contributed by atoms with Gasteiger partial charge in [-0.3, -0.25) is 4.79 Å². The molecule has 0 atom stereocenters. The molecule has 1 N–H and O–H groups in total. The highest BCUT2D eigenvalue weighted by Gasteiger charge is 2.30. The second kappa shape index (κ2) is 8.43. The van der Waals surface area contributed by atoms with Crippen molar-refractivity contribution < 1.29 is 18.0 Å². The molecule has 1 aliphatic heterocycles. The number of rotatable bonds is 4. The fourth-order valence-corrected chi connectivity index (χ4v) is 3.05. The van der Waals surface area contributed by atoms with Crippen LogP contribution in [0.2, 0.25) is 0 Å². The lowest BCUT2D eigenvalue weighted by atomic mass is 10.1. The zero-order chi connectivity index (χ0) is 20.1. The zero-order valence-electron chi connectivity index (χ0n) is 15.4. The Kier molecular flexibility index (Phi) is 5.99. The van der Waals surface area contributed by atoms with E-state index in [9.17, 15) is 18.0 Å². The summed E-state index contributed by atoms with van der Waals surface area (Å²) in [7, 11) is 1.81. The summed E-state index contributed by atoms with van der Waals surface area (Å²) in [5, 5.41) is 3.30. The molecular weight excluding hydrogens is 369 g/mol. The molecule has 28 heavy (non-hydrogen) atoms. The number of nitrogens with one attached hydrogen (secondary N) is 1. The van der Waals surface area contributed by atoms with Gasteiger partial charge in [-0.25, -0.2) is 4.99 Å². The average molecular weight is 390 g/mol. The average Bonchev–Trinajstić information content (AvgIpc) is 2.69. The van der Waals surface area contributed by atoms with Crippen molar-refractivity contribution in [3.05, 3.63) is 65.3 Å². The van der Waals surface area contributed by atoms with E-state index in [0.717, 1.165) is 44.0 Å². The summed E-state index contributed by atoms with van der Waals surface area (Å²) in [5.74, 6) is 0. The molecule has 2 heterocycles. The third kappa shape index (κ3) is 4.69. The van der Waals surface area contributed by atoms with Crippen molar-refractivity contribution in [3.8, 4) is 0 Å². The first-order valence-electron chi connectivity index (χ1n) is 8.88. The number of aryl methyl sites for hydroxylation is 1. The van der Waals surface area contributed by atoms with Crippen molar-refractivity contribution in [2.45, 2.75) is 6.18 Å². The Balaban J connectivity index is 1.97. The van der Waals surface area contributed by atoms with Gasteiger partial charge in [-0.2, -0.15) is 13.2 Å². The van der Waals surface area contributed by atoms with Crippen LogP contribution in [-0.4, -0.2) is 37.0 Å². The molecule has 1 fully saturated rings. The number of alkyl halides is 3. The molecule has 1 aromatic carbocycles. The standard InChI is InChI=1S/C20H21F3N4O/c1-26-14-17(27-10-8-24-9-11-27)5-6-19(26)25-18(7-12-28)15-3-2-4-16(13-15)20(21,22)23/h2-7,12-14,24H,8-11H2,1H3/b18-7-,25-19?. The van der Waals surface area contributed by atoms with Crippen LogP contribution < -0.4 is 15.7 Å². The molecule has 0 bridgehead atoms. The molecule has 0 spiro atoms. The first-order valence-corrected chi connectivity index (χ1v) is 8.88. The van der Waals surface area contributed by atoms with Gasteiger partial charge < -0.3 is 14.8 Å². The second-order valence-electron chi connectivity index (χ2n) is 6.47. The largest absolute Gasteiger partial charge is 0.416 e. The molecule has 5 nitrogen and oxygen atoms in total. The Hall–Kier alpha value is -2.87. The third-order valence-corrected chi connectivity index (χ3v) is 4.52. The lowest BCUT2D eigenvalue weighted by molar-refractivity contribution is -0.137. The SMILES string of the molecule is Cn1cc(N2CCNCC2)ccc1=N/C(=C\C=O)c1cccc(C(F)(F)F)c1. The van der Waals surface area contributed by atoms with Gasteiger partial charge in [-0.05, 0) is 24.3 Å². The molecule has 3 rings (SSSR count). The number of halogens is 3. The van der Waals surface area contributed by atoms with Crippen LogP contribution in [-0.2, 0) is 18.0 Å². The molecule has 1 aliphatic rings. The Morgan fingerprint density at radius 2 is 1.93 bits per heavy atom. The maximum Gasteiger partial charge on any atom is 0.416 e. The van der Waals surface area contributed by atoms with Gasteiger partial charge in [-0.1, -0.05) is 12.1 Å². The van der Waals surface area contributed by atoms with E-state index < -0.39 is 11.7 Å². The van der Waals surface area contributed by atoms with Gasteiger partial charge in [0.15, 0.2) is 0 Å². The van der Waals surface area contributed by atoms with Crippen LogP contribution in [0.25, 0.3) is 5.70 Å². The predicted molar refractivity (Wildman–Crippen MR) is 102 cm³/mol. The molecule has 148 valence electrons. The first kappa shape index (κ1) is 19.9. The van der Waals surface area contributed by atoms with Crippen LogP contribution in [0.15, 0.2) is 53.7 Å². The molecule has 2 aromatic rings. The third-order valence-electron chi connectivity index (χ3n) is 4.52. The normalized spacial score (nSPS) is 16.4. The summed E-state index contributed by atoms with van der Waals surface area (Å²) in [4.78, 5) is 17.7. The van der Waals surface area contributed by atoms with E-state index in [4.69, 9.17) is 0 Å². The van der Waals surface area contributed by atoms with Crippen molar-refractivity contribution in [1.82, 2.24) is 9.88 Å². The molecule has 8 heteroatoms. The number of allylic oxidation sites excluding steroid dienone is 1. The van der Waals surface area contributed by atoms with E-state index in [1.54, 1.807) is 10.6 Å². The summed E-state index contributed by atoms with van der Waals surface area (Å²) >= 11 is 0. The Morgan fingerprint density at radius 3 is 2.57 bits per heavy atom. The summed E-state index contributed by atoms with van der Waals surface area (Å²) in [6.45, 7) is 3.63. The highest BCUT2D eigenvalue weighted by molar-refractivity contribution is 5.81. The van der Waals surface area contributed by atoms with E-state index in [0.29, 0.717) is 11.8 Å². The number of carbonyl (C=O) groups excluding carboxylic acids is 1. The smallest absolute Gasteiger partial charge is 0.368 e. The second-order valence-corrected chi connectivity index (χ2v) is 6.47. The number of pyridine rings is 1. The van der Waals surface area contributed by atoms with Gasteiger partial charge in [0.1, 0.15) is 11.8 Å². The zero-order valence-corrected chi connectivity index (χ0v) is 15.4. The number of aldehydes is 1. The van der Waals surface area contributed by atoms with Crippen LogP contribution in [0.3, 0.4) is 0 Å². The van der Waals surface area contributed by atoms with Crippen molar-refractivity contribution in [2.75, 3.05) is 31.1 Å². The van der Waals surface area contributed by atoms with Crippen LogP contribution in [0.5, 0.6) is 0 Å². The summed E-state index contributed by atoms with van der Waals surface area (Å²) in [6.07, 6.45) is -0.847. The van der Waals surface area contributed by atoms with Crippen molar-refractivity contribution in [1.29, 1.82) is 0 Å². The van der Waals surface area contributed by atoms with Crippen molar-refractivity contribution in [2.24, 2.45) is 12.0 Å². The minimum Gasteiger partial charge on any atom is -0.368 e. The van der Waals surface area contributed by atoms with Crippen LogP contribution in [0.1, 0.15) is 11.1 Å². The van der Waals surface area contributed by atoms with Gasteiger partial charge in [0.05, 0.1) is 16.9 Å². The quantitative estimate of drug-likeness (QED) is 0.645. The molecule has 1 saturated heterocycles. The number of piperazine rings is 1. The number of hydrogen-bond donors (Lipinski definition) is 1. The van der Waals surface area contributed by atoms with Crippen LogP contribution >= 0.6 is 0 Å². The minimum atomic E-state index is -4.46. The summed E-state index contributed by atoms with van der Waals surface area (Å²) in [5.41, 5.74) is 1.20. The lowest BCUT2D eigenvalue weighted by Gasteiger charge is -2.29. The van der Waals surface area contributed by atoms with Gasteiger partial charge in [0.2, 0.25) is 0 Å². The molecule has 0 saturated carbocycles.